The maximum atomic E-state index is 11.6. The Hall–Kier alpha value is -2.44. The van der Waals surface area contributed by atoms with E-state index in [1.165, 1.54) is 5.69 Å². The molecule has 2 aliphatic rings. The quantitative estimate of drug-likeness (QED) is 0.679. The van der Waals surface area contributed by atoms with Crippen molar-refractivity contribution < 1.29 is 14.3 Å². The molecular weight excluding hydrogens is 380 g/mol. The Morgan fingerprint density at radius 1 is 0.933 bits per heavy atom. The summed E-state index contributed by atoms with van der Waals surface area (Å²) in [5, 5.41) is 0. The number of imidazole rings is 2. The lowest BCUT2D eigenvalue weighted by Crippen LogP contribution is -2.18. The average molecular weight is 415 g/mol. The van der Waals surface area contributed by atoms with E-state index in [-0.39, 0.29) is 11.9 Å². The lowest BCUT2D eigenvalue weighted by atomic mass is 9.89. The van der Waals surface area contributed by atoms with E-state index in [0.717, 1.165) is 44.2 Å². The fraction of sp³-hybridized carbons (Fsp3) is 0.652. The van der Waals surface area contributed by atoms with Crippen molar-refractivity contribution in [3.05, 3.63) is 36.4 Å². The second kappa shape index (κ2) is 10.0. The van der Waals surface area contributed by atoms with E-state index in [1.807, 2.05) is 44.3 Å². The molecule has 0 N–H and O–H groups in total. The van der Waals surface area contributed by atoms with E-state index < -0.39 is 0 Å². The van der Waals surface area contributed by atoms with Gasteiger partial charge in [-0.3, -0.25) is 9.59 Å². The summed E-state index contributed by atoms with van der Waals surface area (Å²) in [5.74, 6) is 1.64. The number of carbonyl (C=O) groups excluding carboxylic acids is 2. The van der Waals surface area contributed by atoms with Gasteiger partial charge in [0.1, 0.15) is 5.78 Å². The van der Waals surface area contributed by atoms with Crippen molar-refractivity contribution in [1.82, 2.24) is 19.1 Å². The van der Waals surface area contributed by atoms with Crippen LogP contribution in [0.1, 0.15) is 50.9 Å². The van der Waals surface area contributed by atoms with Crippen LogP contribution in [-0.2, 0) is 41.3 Å². The van der Waals surface area contributed by atoms with Crippen LogP contribution in [0, 0.1) is 23.7 Å². The highest BCUT2D eigenvalue weighted by molar-refractivity contribution is 5.83. The van der Waals surface area contributed by atoms with Gasteiger partial charge in [0.05, 0.1) is 25.2 Å². The third-order valence-electron chi connectivity index (χ3n) is 6.71. The van der Waals surface area contributed by atoms with Gasteiger partial charge in [0.15, 0.2) is 0 Å². The number of cyclic esters (lactones) is 1. The molecule has 4 rings (SSSR count). The molecule has 0 unspecified atom stereocenters. The average Bonchev–Trinajstić information content (AvgIpc) is 3.49. The van der Waals surface area contributed by atoms with Crippen LogP contribution < -0.4 is 0 Å². The molecule has 0 amide bonds. The Morgan fingerprint density at radius 3 is 2.00 bits per heavy atom. The van der Waals surface area contributed by atoms with Gasteiger partial charge in [0, 0.05) is 56.1 Å². The van der Waals surface area contributed by atoms with Crippen molar-refractivity contribution in [2.75, 3.05) is 6.61 Å². The fourth-order valence-corrected chi connectivity index (χ4v) is 4.79. The molecule has 1 aliphatic heterocycles. The first-order valence-corrected chi connectivity index (χ1v) is 11.0. The molecule has 0 radical (unpaired) electrons. The molecule has 3 heterocycles. The normalized spacial score (nSPS) is 25.9. The van der Waals surface area contributed by atoms with Gasteiger partial charge in [0.25, 0.3) is 0 Å². The molecule has 2 aromatic heterocycles. The molecule has 0 bridgehead atoms. The Kier molecular flexibility index (Phi) is 7.45. The van der Waals surface area contributed by atoms with Gasteiger partial charge >= 0.3 is 5.97 Å². The van der Waals surface area contributed by atoms with Crippen LogP contribution >= 0.6 is 0 Å². The number of hydrogen-bond donors (Lipinski definition) is 0. The summed E-state index contributed by atoms with van der Waals surface area (Å²) in [7, 11) is 3.99. The summed E-state index contributed by atoms with van der Waals surface area (Å²) in [5.41, 5.74) is 2.41. The molecule has 0 spiro atoms. The molecule has 1 saturated heterocycles. The molecule has 164 valence electrons. The van der Waals surface area contributed by atoms with Gasteiger partial charge in [-0.25, -0.2) is 9.97 Å². The highest BCUT2D eigenvalue weighted by Crippen LogP contribution is 2.33. The predicted octanol–water partition coefficient (Wildman–Crippen LogP) is 3.13. The zero-order chi connectivity index (χ0) is 21.7. The number of nitrogens with zero attached hydrogens (tertiary/aromatic N) is 4. The smallest absolute Gasteiger partial charge is 0.309 e. The molecule has 4 atom stereocenters. The lowest BCUT2D eigenvalue weighted by molar-refractivity contribution is -0.141. The minimum absolute atomic E-state index is 0.0373. The van der Waals surface area contributed by atoms with E-state index >= 15 is 0 Å². The zero-order valence-electron chi connectivity index (χ0n) is 18.6. The molecule has 7 nitrogen and oxygen atoms in total. The molecule has 7 heteroatoms. The number of carbonyl (C=O) groups is 2. The van der Waals surface area contributed by atoms with Crippen LogP contribution in [0.2, 0.25) is 0 Å². The Bertz CT molecular complexity index is 786. The minimum Gasteiger partial charge on any atom is -0.465 e. The largest absolute Gasteiger partial charge is 0.465 e. The van der Waals surface area contributed by atoms with E-state index in [4.69, 9.17) is 4.74 Å². The van der Waals surface area contributed by atoms with Crippen LogP contribution in [0.25, 0.3) is 0 Å². The first kappa shape index (κ1) is 22.2. The van der Waals surface area contributed by atoms with E-state index in [1.54, 1.807) is 6.33 Å². The molecular formula is C23H34N4O3. The van der Waals surface area contributed by atoms with E-state index in [9.17, 15) is 9.59 Å². The van der Waals surface area contributed by atoms with Crippen LogP contribution in [-0.4, -0.2) is 37.5 Å². The first-order chi connectivity index (χ1) is 14.4. The number of rotatable bonds is 6. The number of Topliss-reactive ketones (excluding diaryl/α,β-unsaturated/α-hetero) is 1. The van der Waals surface area contributed by atoms with Crippen LogP contribution in [0.4, 0.5) is 0 Å². The van der Waals surface area contributed by atoms with Crippen molar-refractivity contribution in [3.63, 3.8) is 0 Å². The maximum Gasteiger partial charge on any atom is 0.309 e. The fourth-order valence-electron chi connectivity index (χ4n) is 4.79. The monoisotopic (exact) mass is 414 g/mol. The van der Waals surface area contributed by atoms with E-state index in [0.29, 0.717) is 30.1 Å². The Labute approximate surface area is 178 Å². The summed E-state index contributed by atoms with van der Waals surface area (Å²) in [6, 6.07) is 0. The van der Waals surface area contributed by atoms with Crippen LogP contribution in [0.3, 0.4) is 0 Å². The highest BCUT2D eigenvalue weighted by atomic mass is 16.5. The molecule has 0 aromatic carbocycles. The third-order valence-corrected chi connectivity index (χ3v) is 6.71. The Morgan fingerprint density at radius 2 is 1.50 bits per heavy atom. The van der Waals surface area contributed by atoms with Crippen molar-refractivity contribution in [2.24, 2.45) is 37.8 Å². The van der Waals surface area contributed by atoms with Gasteiger partial charge in [-0.2, -0.15) is 0 Å². The van der Waals surface area contributed by atoms with E-state index in [2.05, 4.69) is 21.5 Å². The maximum absolute atomic E-state index is 11.6. The van der Waals surface area contributed by atoms with Crippen molar-refractivity contribution in [1.29, 1.82) is 0 Å². The van der Waals surface area contributed by atoms with Gasteiger partial charge in [-0.05, 0) is 38.0 Å². The van der Waals surface area contributed by atoms with Crippen molar-refractivity contribution in [2.45, 2.75) is 52.4 Å². The summed E-state index contributed by atoms with van der Waals surface area (Å²) >= 11 is 0. The minimum atomic E-state index is -0.0373. The lowest BCUT2D eigenvalue weighted by Gasteiger charge is -2.16. The summed E-state index contributed by atoms with van der Waals surface area (Å²) in [6.45, 7) is 4.71. The molecule has 1 aliphatic carbocycles. The second-order valence-corrected chi connectivity index (χ2v) is 8.58. The van der Waals surface area contributed by atoms with Gasteiger partial charge in [-0.15, -0.1) is 0 Å². The molecule has 1 saturated carbocycles. The number of aromatic nitrogens is 4. The number of ketones is 1. The second-order valence-electron chi connectivity index (χ2n) is 8.58. The van der Waals surface area contributed by atoms with Gasteiger partial charge in [-0.1, -0.05) is 13.8 Å². The number of hydrogen-bond acceptors (Lipinski definition) is 5. The van der Waals surface area contributed by atoms with Crippen molar-refractivity contribution in [3.8, 4) is 0 Å². The summed E-state index contributed by atoms with van der Waals surface area (Å²) in [6.07, 6.45) is 12.9. The topological polar surface area (TPSA) is 79.0 Å². The standard InChI is InChI=1S/C12H18N2O.C11H16N2O2/c1-3-11-9(4-5-12(11)15)6-10-7-13-8-14(10)2;1-3-10-8(6-15-11(10)14)4-9-5-12-7-13(9)2/h7-9,11H,3-6H2,1-2H3;5,7-8,10H,3-4,6H2,1-2H3/t9-,11+;8-,10-/m10/s1. The Balaban J connectivity index is 0.000000171. The highest BCUT2D eigenvalue weighted by Gasteiger charge is 2.35. The van der Waals surface area contributed by atoms with Crippen LogP contribution in [0.5, 0.6) is 0 Å². The predicted molar refractivity (Wildman–Crippen MR) is 114 cm³/mol. The molecule has 30 heavy (non-hydrogen) atoms. The van der Waals surface area contributed by atoms with Gasteiger partial charge < -0.3 is 13.9 Å². The summed E-state index contributed by atoms with van der Waals surface area (Å²) in [4.78, 5) is 31.2. The summed E-state index contributed by atoms with van der Waals surface area (Å²) < 4.78 is 9.14. The zero-order valence-corrected chi connectivity index (χ0v) is 18.6. The number of ether oxygens (including phenoxy) is 1. The van der Waals surface area contributed by atoms with Crippen LogP contribution in [0.15, 0.2) is 25.0 Å². The SMILES string of the molecule is CC[C@@H]1C(=O)CC[C@@H]1Cc1cncn1C.CC[C@@H]1C(=O)OC[C@@H]1Cc1cncn1C. The molecule has 2 fully saturated rings. The first-order valence-electron chi connectivity index (χ1n) is 11.0. The molecule has 2 aromatic rings. The number of esters is 1. The number of aryl methyl sites for hydroxylation is 2. The third kappa shape index (κ3) is 4.99. The van der Waals surface area contributed by atoms with Gasteiger partial charge in [0.2, 0.25) is 0 Å². The van der Waals surface area contributed by atoms with Crippen molar-refractivity contribution >= 4 is 11.8 Å².